The summed E-state index contributed by atoms with van der Waals surface area (Å²) in [6, 6.07) is 8.90. The van der Waals surface area contributed by atoms with Gasteiger partial charge in [-0.25, -0.2) is 0 Å². The lowest BCUT2D eigenvalue weighted by Gasteiger charge is -2.18. The van der Waals surface area contributed by atoms with Gasteiger partial charge in [-0.3, -0.25) is 0 Å². The summed E-state index contributed by atoms with van der Waals surface area (Å²) < 4.78 is 0. The molecule has 1 aliphatic carbocycles. The lowest BCUT2D eigenvalue weighted by atomic mass is 9.88. The maximum absolute atomic E-state index is 6.15. The first-order valence-corrected chi connectivity index (χ1v) is 7.76. The van der Waals surface area contributed by atoms with Gasteiger partial charge in [0.15, 0.2) is 0 Å². The third-order valence-corrected chi connectivity index (χ3v) is 4.90. The molecule has 3 rings (SSSR count). The molecule has 4 N–H and O–H groups in total. The van der Waals surface area contributed by atoms with Crippen LogP contribution in [-0.4, -0.2) is 0 Å². The molecule has 1 aliphatic rings. The summed E-state index contributed by atoms with van der Waals surface area (Å²) in [5, 5.41) is 0. The fraction of sp³-hybridized carbons (Fsp3) is 0.368. The van der Waals surface area contributed by atoms with E-state index in [0.717, 1.165) is 30.6 Å². The van der Waals surface area contributed by atoms with Crippen molar-refractivity contribution in [1.82, 2.24) is 0 Å². The first-order valence-electron chi connectivity index (χ1n) is 7.76. The second-order valence-corrected chi connectivity index (χ2v) is 6.37. The Labute approximate surface area is 127 Å². The lowest BCUT2D eigenvalue weighted by molar-refractivity contribution is 0.661. The summed E-state index contributed by atoms with van der Waals surface area (Å²) in [6.07, 6.45) is 3.19. The SMILES string of the molecule is CCC1Cc2cc(C)c(N)cc2Cc2cc(C)c(N)cc21. The van der Waals surface area contributed by atoms with Gasteiger partial charge in [-0.1, -0.05) is 19.1 Å². The normalized spacial score (nSPS) is 17.0. The Morgan fingerprint density at radius 3 is 2.19 bits per heavy atom. The second kappa shape index (κ2) is 5.10. The second-order valence-electron chi connectivity index (χ2n) is 6.37. The number of hydrogen-bond donors (Lipinski definition) is 2. The molecule has 2 aromatic carbocycles. The van der Waals surface area contributed by atoms with E-state index >= 15 is 0 Å². The van der Waals surface area contributed by atoms with Gasteiger partial charge in [-0.05, 0) is 84.5 Å². The molecule has 21 heavy (non-hydrogen) atoms. The van der Waals surface area contributed by atoms with Crippen molar-refractivity contribution in [3.63, 3.8) is 0 Å². The van der Waals surface area contributed by atoms with Crippen molar-refractivity contribution in [2.24, 2.45) is 0 Å². The molecule has 0 bridgehead atoms. The molecule has 2 heteroatoms. The van der Waals surface area contributed by atoms with Crippen LogP contribution in [0.4, 0.5) is 11.4 Å². The molecule has 1 atom stereocenters. The van der Waals surface area contributed by atoms with Gasteiger partial charge in [0.1, 0.15) is 0 Å². The smallest absolute Gasteiger partial charge is 0.0346 e. The van der Waals surface area contributed by atoms with Crippen LogP contribution in [-0.2, 0) is 12.8 Å². The Morgan fingerprint density at radius 1 is 0.905 bits per heavy atom. The zero-order valence-electron chi connectivity index (χ0n) is 13.2. The van der Waals surface area contributed by atoms with E-state index in [-0.39, 0.29) is 0 Å². The van der Waals surface area contributed by atoms with Gasteiger partial charge in [-0.2, -0.15) is 0 Å². The minimum Gasteiger partial charge on any atom is -0.399 e. The van der Waals surface area contributed by atoms with Crippen LogP contribution in [0.25, 0.3) is 0 Å². The Bertz CT molecular complexity index is 701. The molecule has 2 aromatic rings. The minimum absolute atomic E-state index is 0.548. The van der Waals surface area contributed by atoms with Crippen LogP contribution in [0.3, 0.4) is 0 Å². The molecule has 0 aromatic heterocycles. The number of rotatable bonds is 1. The van der Waals surface area contributed by atoms with Gasteiger partial charge in [0.25, 0.3) is 0 Å². The third kappa shape index (κ3) is 2.39. The summed E-state index contributed by atoms with van der Waals surface area (Å²) in [6.45, 7) is 6.45. The predicted octanol–water partition coefficient (Wildman–Crippen LogP) is 4.11. The van der Waals surface area contributed by atoms with E-state index in [9.17, 15) is 0 Å². The van der Waals surface area contributed by atoms with Crippen molar-refractivity contribution in [3.05, 3.63) is 57.6 Å². The van der Waals surface area contributed by atoms with Crippen molar-refractivity contribution < 1.29 is 0 Å². The molecule has 2 nitrogen and oxygen atoms in total. The van der Waals surface area contributed by atoms with Gasteiger partial charge >= 0.3 is 0 Å². The van der Waals surface area contributed by atoms with E-state index < -0.39 is 0 Å². The number of fused-ring (bicyclic) bond motifs is 2. The largest absolute Gasteiger partial charge is 0.399 e. The number of aryl methyl sites for hydroxylation is 2. The van der Waals surface area contributed by atoms with Gasteiger partial charge in [-0.15, -0.1) is 0 Å². The number of nitrogen functional groups attached to an aromatic ring is 2. The molecule has 0 spiro atoms. The highest BCUT2D eigenvalue weighted by Gasteiger charge is 2.22. The van der Waals surface area contributed by atoms with E-state index in [1.165, 1.54) is 33.4 Å². The number of hydrogen-bond acceptors (Lipinski definition) is 2. The summed E-state index contributed by atoms with van der Waals surface area (Å²) in [7, 11) is 0. The van der Waals surface area contributed by atoms with Crippen molar-refractivity contribution in [2.75, 3.05) is 11.5 Å². The summed E-state index contributed by atoms with van der Waals surface area (Å²) in [5.74, 6) is 0.548. The standard InChI is InChI=1S/C19H24N2/c1-4-13-7-14-5-11(2)18(20)9-15(14)8-16-6-12(3)19(21)10-17(13)16/h5-6,9-10,13H,4,7-8,20-21H2,1-3H3. The maximum Gasteiger partial charge on any atom is 0.0346 e. The van der Waals surface area contributed by atoms with Crippen molar-refractivity contribution in [2.45, 2.75) is 46.0 Å². The zero-order chi connectivity index (χ0) is 15.1. The fourth-order valence-electron chi connectivity index (χ4n) is 3.47. The van der Waals surface area contributed by atoms with Crippen LogP contribution in [0, 0.1) is 13.8 Å². The van der Waals surface area contributed by atoms with Gasteiger partial charge in [0.05, 0.1) is 0 Å². The van der Waals surface area contributed by atoms with E-state index in [0.29, 0.717) is 5.92 Å². The molecule has 0 fully saturated rings. The van der Waals surface area contributed by atoms with E-state index in [1.807, 2.05) is 0 Å². The first-order chi connectivity index (χ1) is 9.99. The van der Waals surface area contributed by atoms with Crippen LogP contribution >= 0.6 is 0 Å². The molecule has 110 valence electrons. The monoisotopic (exact) mass is 280 g/mol. The number of benzene rings is 2. The third-order valence-electron chi connectivity index (χ3n) is 4.90. The number of anilines is 2. The maximum atomic E-state index is 6.15. The highest BCUT2D eigenvalue weighted by atomic mass is 14.6. The molecule has 0 aliphatic heterocycles. The molecule has 0 saturated heterocycles. The van der Waals surface area contributed by atoms with E-state index in [4.69, 9.17) is 11.5 Å². The average molecular weight is 280 g/mol. The highest BCUT2D eigenvalue weighted by molar-refractivity contribution is 5.58. The molecule has 0 amide bonds. The first kappa shape index (κ1) is 14.0. The van der Waals surface area contributed by atoms with Crippen LogP contribution < -0.4 is 11.5 Å². The van der Waals surface area contributed by atoms with E-state index in [1.54, 1.807) is 0 Å². The topological polar surface area (TPSA) is 52.0 Å². The minimum atomic E-state index is 0.548. The average Bonchev–Trinajstić information content (AvgIpc) is 2.57. The molecular weight excluding hydrogens is 256 g/mol. The van der Waals surface area contributed by atoms with Crippen molar-refractivity contribution in [3.8, 4) is 0 Å². The molecule has 0 radical (unpaired) electrons. The molecule has 0 saturated carbocycles. The van der Waals surface area contributed by atoms with E-state index in [2.05, 4.69) is 45.0 Å². The Kier molecular flexibility index (Phi) is 3.40. The quantitative estimate of drug-likeness (QED) is 0.772. The van der Waals surface area contributed by atoms with Crippen LogP contribution in [0.1, 0.15) is 52.6 Å². The van der Waals surface area contributed by atoms with Crippen LogP contribution in [0.15, 0.2) is 24.3 Å². The molecular formula is C19H24N2. The summed E-state index contributed by atoms with van der Waals surface area (Å²) in [5.41, 5.74) is 22.1. The number of nitrogens with two attached hydrogens (primary N) is 2. The Balaban J connectivity index is 2.18. The van der Waals surface area contributed by atoms with Gasteiger partial charge in [0, 0.05) is 11.4 Å². The predicted molar refractivity (Wildman–Crippen MR) is 90.7 cm³/mol. The summed E-state index contributed by atoms with van der Waals surface area (Å²) >= 11 is 0. The van der Waals surface area contributed by atoms with Crippen LogP contribution in [0.2, 0.25) is 0 Å². The lowest BCUT2D eigenvalue weighted by Crippen LogP contribution is -2.04. The van der Waals surface area contributed by atoms with Crippen LogP contribution in [0.5, 0.6) is 0 Å². The highest BCUT2D eigenvalue weighted by Crippen LogP contribution is 2.37. The van der Waals surface area contributed by atoms with Gasteiger partial charge in [0.2, 0.25) is 0 Å². The Hall–Kier alpha value is -1.96. The zero-order valence-corrected chi connectivity index (χ0v) is 13.2. The van der Waals surface area contributed by atoms with Gasteiger partial charge < -0.3 is 11.5 Å². The molecule has 0 heterocycles. The van der Waals surface area contributed by atoms with Crippen molar-refractivity contribution >= 4 is 11.4 Å². The fourth-order valence-corrected chi connectivity index (χ4v) is 3.47. The van der Waals surface area contributed by atoms with Crippen molar-refractivity contribution in [1.29, 1.82) is 0 Å². The summed E-state index contributed by atoms with van der Waals surface area (Å²) in [4.78, 5) is 0. The Morgan fingerprint density at radius 2 is 1.52 bits per heavy atom. The molecule has 1 unspecified atom stereocenters.